The van der Waals surface area contributed by atoms with E-state index in [0.717, 1.165) is 35.8 Å². The number of halogens is 1. The van der Waals surface area contributed by atoms with Gasteiger partial charge in [-0.1, -0.05) is 22.0 Å². The fourth-order valence-corrected chi connectivity index (χ4v) is 3.73. The summed E-state index contributed by atoms with van der Waals surface area (Å²) in [4.78, 5) is 9.17. The molecule has 1 aromatic heterocycles. The zero-order chi connectivity index (χ0) is 14.8. The van der Waals surface area contributed by atoms with Crippen LogP contribution in [0.5, 0.6) is 0 Å². The van der Waals surface area contributed by atoms with E-state index in [1.165, 1.54) is 11.3 Å². The number of hydrogen-bond donors (Lipinski definition) is 1. The minimum absolute atomic E-state index is 0.0464. The molecule has 6 heteroatoms. The maximum absolute atomic E-state index is 6.12. The summed E-state index contributed by atoms with van der Waals surface area (Å²) in [5.41, 5.74) is 8.57. The van der Waals surface area contributed by atoms with Gasteiger partial charge in [0.05, 0.1) is 0 Å². The predicted octanol–water partition coefficient (Wildman–Crippen LogP) is 3.25. The Hall–Kier alpha value is -1.11. The molecule has 21 heavy (non-hydrogen) atoms. The molecule has 1 aliphatic heterocycles. The normalized spacial score (nSPS) is 17.1. The fourth-order valence-electron chi connectivity index (χ4n) is 2.69. The Labute approximate surface area is 137 Å². The fraction of sp³-hybridized carbons (Fsp3) is 0.400. The summed E-state index contributed by atoms with van der Waals surface area (Å²) in [5.74, 6) is 0. The number of piperazine rings is 1. The third-order valence-corrected chi connectivity index (χ3v) is 5.12. The zero-order valence-corrected chi connectivity index (χ0v) is 14.4. The van der Waals surface area contributed by atoms with Gasteiger partial charge in [0.2, 0.25) is 0 Å². The lowest BCUT2D eigenvalue weighted by molar-refractivity contribution is 0.646. The smallest absolute Gasteiger partial charge is 0.185 e. The molecule has 1 atom stereocenters. The van der Waals surface area contributed by atoms with Crippen LogP contribution in [0.2, 0.25) is 0 Å². The zero-order valence-electron chi connectivity index (χ0n) is 12.0. The molecule has 1 fully saturated rings. The van der Waals surface area contributed by atoms with E-state index in [-0.39, 0.29) is 6.04 Å². The van der Waals surface area contributed by atoms with Crippen LogP contribution in [-0.4, -0.2) is 31.2 Å². The molecule has 0 bridgehead atoms. The summed E-state index contributed by atoms with van der Waals surface area (Å²) in [5, 5.41) is 3.15. The van der Waals surface area contributed by atoms with E-state index in [0.29, 0.717) is 0 Å². The van der Waals surface area contributed by atoms with Crippen LogP contribution >= 0.6 is 27.3 Å². The quantitative estimate of drug-likeness (QED) is 0.905. The van der Waals surface area contributed by atoms with Gasteiger partial charge < -0.3 is 15.5 Å². The Kier molecular flexibility index (Phi) is 4.47. The van der Waals surface area contributed by atoms with E-state index >= 15 is 0 Å². The summed E-state index contributed by atoms with van der Waals surface area (Å²) in [7, 11) is 0. The molecule has 2 heterocycles. The van der Waals surface area contributed by atoms with Crippen molar-refractivity contribution in [2.24, 2.45) is 5.73 Å². The van der Waals surface area contributed by atoms with Crippen LogP contribution in [0.15, 0.2) is 34.2 Å². The second-order valence-electron chi connectivity index (χ2n) is 5.28. The second-order valence-corrected chi connectivity index (χ2v) is 7.07. The van der Waals surface area contributed by atoms with E-state index in [1.54, 1.807) is 11.3 Å². The Morgan fingerprint density at radius 2 is 1.95 bits per heavy atom. The van der Waals surface area contributed by atoms with Gasteiger partial charge in [0.15, 0.2) is 5.13 Å². The number of rotatable bonds is 3. The van der Waals surface area contributed by atoms with Gasteiger partial charge in [-0.25, -0.2) is 4.98 Å². The van der Waals surface area contributed by atoms with Gasteiger partial charge >= 0.3 is 0 Å². The molecule has 0 spiro atoms. The first-order valence-corrected chi connectivity index (χ1v) is 8.77. The molecule has 3 rings (SSSR count). The molecule has 1 aromatic carbocycles. The summed E-state index contributed by atoms with van der Waals surface area (Å²) >= 11 is 5.27. The molecular weight excluding hydrogens is 348 g/mol. The highest BCUT2D eigenvalue weighted by Crippen LogP contribution is 2.30. The standard InChI is InChI=1S/C15H19BrN4S/c1-11(17)13-3-2-12(16)10-14(13)19-5-7-20(8-6-19)15-18-4-9-21-15/h2-4,9-11H,5-8,17H2,1H3. The van der Waals surface area contributed by atoms with Gasteiger partial charge in [0.1, 0.15) is 0 Å². The van der Waals surface area contributed by atoms with E-state index in [4.69, 9.17) is 5.73 Å². The maximum atomic E-state index is 6.12. The number of nitrogens with zero attached hydrogens (tertiary/aromatic N) is 3. The first-order valence-electron chi connectivity index (χ1n) is 7.09. The Bertz CT molecular complexity index is 592. The van der Waals surface area contributed by atoms with Gasteiger partial charge in [0, 0.05) is 54.0 Å². The van der Waals surface area contributed by atoms with Crippen molar-refractivity contribution in [2.45, 2.75) is 13.0 Å². The van der Waals surface area contributed by atoms with Crippen LogP contribution in [0.1, 0.15) is 18.5 Å². The van der Waals surface area contributed by atoms with Crippen LogP contribution in [0.4, 0.5) is 10.8 Å². The van der Waals surface area contributed by atoms with Crippen LogP contribution < -0.4 is 15.5 Å². The van der Waals surface area contributed by atoms with Gasteiger partial charge in [-0.3, -0.25) is 0 Å². The average Bonchev–Trinajstić information content (AvgIpc) is 3.01. The van der Waals surface area contributed by atoms with Crippen molar-refractivity contribution in [3.63, 3.8) is 0 Å². The highest BCUT2D eigenvalue weighted by molar-refractivity contribution is 9.10. The number of nitrogens with two attached hydrogens (primary N) is 1. The first kappa shape index (κ1) is 14.8. The second kappa shape index (κ2) is 6.34. The summed E-state index contributed by atoms with van der Waals surface area (Å²) < 4.78 is 1.10. The SMILES string of the molecule is CC(N)c1ccc(Br)cc1N1CCN(c2nccs2)CC1. The molecule has 0 saturated carbocycles. The van der Waals surface area contributed by atoms with Crippen molar-refractivity contribution in [3.05, 3.63) is 39.8 Å². The van der Waals surface area contributed by atoms with Gasteiger partial charge in [0.25, 0.3) is 0 Å². The molecule has 0 aliphatic carbocycles. The highest BCUT2D eigenvalue weighted by Gasteiger charge is 2.21. The Balaban J connectivity index is 1.76. The van der Waals surface area contributed by atoms with E-state index in [1.807, 2.05) is 18.5 Å². The third-order valence-electron chi connectivity index (χ3n) is 3.79. The number of aromatic nitrogens is 1. The maximum Gasteiger partial charge on any atom is 0.185 e. The van der Waals surface area contributed by atoms with E-state index < -0.39 is 0 Å². The molecule has 0 radical (unpaired) electrons. The molecular formula is C15H19BrN4S. The minimum Gasteiger partial charge on any atom is -0.368 e. The number of thiazole rings is 1. The monoisotopic (exact) mass is 366 g/mol. The summed E-state index contributed by atoms with van der Waals surface area (Å²) in [6.07, 6.45) is 1.87. The highest BCUT2D eigenvalue weighted by atomic mass is 79.9. The van der Waals surface area contributed by atoms with Gasteiger partial charge in [-0.15, -0.1) is 11.3 Å². The molecule has 4 nitrogen and oxygen atoms in total. The van der Waals surface area contributed by atoms with Crippen molar-refractivity contribution in [2.75, 3.05) is 36.0 Å². The number of benzene rings is 1. The lowest BCUT2D eigenvalue weighted by Crippen LogP contribution is -2.47. The summed E-state index contributed by atoms with van der Waals surface area (Å²) in [6, 6.07) is 6.41. The lowest BCUT2D eigenvalue weighted by atomic mass is 10.1. The number of anilines is 2. The van der Waals surface area contributed by atoms with Crippen molar-refractivity contribution in [1.29, 1.82) is 0 Å². The predicted molar refractivity (Wildman–Crippen MR) is 93.3 cm³/mol. The molecule has 2 N–H and O–H groups in total. The molecule has 1 aliphatic rings. The minimum atomic E-state index is 0.0464. The largest absolute Gasteiger partial charge is 0.368 e. The number of hydrogen-bond acceptors (Lipinski definition) is 5. The van der Waals surface area contributed by atoms with Gasteiger partial charge in [-0.2, -0.15) is 0 Å². The van der Waals surface area contributed by atoms with E-state index in [9.17, 15) is 0 Å². The summed E-state index contributed by atoms with van der Waals surface area (Å²) in [6.45, 7) is 6.03. The molecule has 112 valence electrons. The third kappa shape index (κ3) is 3.22. The first-order chi connectivity index (χ1) is 10.1. The molecule has 0 amide bonds. The Morgan fingerprint density at radius 3 is 2.57 bits per heavy atom. The molecule has 2 aromatic rings. The van der Waals surface area contributed by atoms with Crippen LogP contribution in [0.3, 0.4) is 0 Å². The van der Waals surface area contributed by atoms with Crippen LogP contribution in [0.25, 0.3) is 0 Å². The van der Waals surface area contributed by atoms with Gasteiger partial charge in [-0.05, 0) is 24.6 Å². The van der Waals surface area contributed by atoms with Crippen LogP contribution in [-0.2, 0) is 0 Å². The van der Waals surface area contributed by atoms with Crippen LogP contribution in [0, 0.1) is 0 Å². The molecule has 1 saturated heterocycles. The lowest BCUT2D eigenvalue weighted by Gasteiger charge is -2.37. The van der Waals surface area contributed by atoms with Crippen molar-refractivity contribution in [3.8, 4) is 0 Å². The Morgan fingerprint density at radius 1 is 1.24 bits per heavy atom. The average molecular weight is 367 g/mol. The topological polar surface area (TPSA) is 45.4 Å². The molecule has 1 unspecified atom stereocenters. The van der Waals surface area contributed by atoms with Crippen molar-refractivity contribution in [1.82, 2.24) is 4.98 Å². The van der Waals surface area contributed by atoms with Crippen molar-refractivity contribution < 1.29 is 0 Å². The van der Waals surface area contributed by atoms with Crippen molar-refractivity contribution >= 4 is 38.1 Å². The van der Waals surface area contributed by atoms with E-state index in [2.05, 4.69) is 48.9 Å².